The molecule has 9 heteroatoms. The Morgan fingerprint density at radius 3 is 2.65 bits per heavy atom. The molecule has 156 valence electrons. The van der Waals surface area contributed by atoms with Crippen molar-refractivity contribution in [3.63, 3.8) is 0 Å². The summed E-state index contributed by atoms with van der Waals surface area (Å²) in [5.41, 5.74) is 4.05. The summed E-state index contributed by atoms with van der Waals surface area (Å²) < 4.78 is 6.05. The molecule has 1 fully saturated rings. The second-order valence-electron chi connectivity index (χ2n) is 6.52. The van der Waals surface area contributed by atoms with Gasteiger partial charge in [0.15, 0.2) is 4.32 Å². The van der Waals surface area contributed by atoms with Gasteiger partial charge in [-0.3, -0.25) is 15.0 Å². The van der Waals surface area contributed by atoms with Crippen LogP contribution in [0.15, 0.2) is 70.0 Å². The van der Waals surface area contributed by atoms with E-state index in [4.69, 9.17) is 39.8 Å². The fourth-order valence-electron chi connectivity index (χ4n) is 2.91. The number of nitrogens with zero attached hydrogens (tertiary/aromatic N) is 1. The zero-order valence-corrected chi connectivity index (χ0v) is 18.9. The minimum absolute atomic E-state index is 0.138. The molecule has 1 aliphatic heterocycles. The third kappa shape index (κ3) is 4.85. The van der Waals surface area contributed by atoms with Crippen molar-refractivity contribution in [3.8, 4) is 11.3 Å². The van der Waals surface area contributed by atoms with Crippen LogP contribution in [0.5, 0.6) is 0 Å². The van der Waals surface area contributed by atoms with E-state index in [1.807, 2.05) is 30.3 Å². The van der Waals surface area contributed by atoms with E-state index >= 15 is 0 Å². The van der Waals surface area contributed by atoms with Gasteiger partial charge in [-0.25, -0.2) is 0 Å². The summed E-state index contributed by atoms with van der Waals surface area (Å²) in [6.45, 7) is 0. The minimum atomic E-state index is -0.421. The van der Waals surface area contributed by atoms with Crippen LogP contribution in [0.2, 0.25) is 10.0 Å². The number of benzene rings is 2. The lowest BCUT2D eigenvalue weighted by Crippen LogP contribution is -2.45. The number of thiocarbonyl (C=S) groups is 1. The molecule has 1 saturated heterocycles. The predicted molar refractivity (Wildman–Crippen MR) is 127 cm³/mol. The molecule has 31 heavy (non-hydrogen) atoms. The first-order valence-electron chi connectivity index (χ1n) is 9.08. The Bertz CT molecular complexity index is 1210. The Kier molecular flexibility index (Phi) is 6.48. The summed E-state index contributed by atoms with van der Waals surface area (Å²) in [7, 11) is 0. The van der Waals surface area contributed by atoms with Crippen LogP contribution in [0.3, 0.4) is 0 Å². The first-order chi connectivity index (χ1) is 14.9. The minimum Gasteiger partial charge on any atom is -0.457 e. The summed E-state index contributed by atoms with van der Waals surface area (Å²) in [6, 6.07) is 17.9. The Hall–Kier alpha value is -2.58. The quantitative estimate of drug-likeness (QED) is 0.367. The molecule has 3 aromatic rings. The number of hydrogen-bond acceptors (Lipinski definition) is 5. The summed E-state index contributed by atoms with van der Waals surface area (Å²) in [4.78, 5) is 25.4. The van der Waals surface area contributed by atoms with Gasteiger partial charge in [-0.05, 0) is 42.0 Å². The van der Waals surface area contributed by atoms with Crippen molar-refractivity contribution in [2.75, 3.05) is 0 Å². The molecule has 2 amide bonds. The third-order valence-corrected chi connectivity index (χ3v) is 6.48. The SMILES string of the molecule is O=C(Cc1ccccc1)NN1C(=O)C(=Cc2ccc(-c3cccc(Cl)c3Cl)o2)SC1=S. The largest absolute Gasteiger partial charge is 0.457 e. The Balaban J connectivity index is 1.48. The fourth-order valence-corrected chi connectivity index (χ4v) is 4.46. The second kappa shape index (κ2) is 9.28. The normalized spacial score (nSPS) is 15.0. The van der Waals surface area contributed by atoms with Crippen molar-refractivity contribution in [2.45, 2.75) is 6.42 Å². The van der Waals surface area contributed by atoms with E-state index in [-0.39, 0.29) is 16.6 Å². The molecule has 0 aliphatic carbocycles. The van der Waals surface area contributed by atoms with Crippen molar-refractivity contribution in [1.82, 2.24) is 10.4 Å². The maximum absolute atomic E-state index is 12.7. The van der Waals surface area contributed by atoms with Crippen LogP contribution in [-0.2, 0) is 16.0 Å². The van der Waals surface area contributed by atoms with Gasteiger partial charge < -0.3 is 4.42 Å². The van der Waals surface area contributed by atoms with Crippen molar-refractivity contribution in [2.24, 2.45) is 0 Å². The lowest BCUT2D eigenvalue weighted by molar-refractivity contribution is -0.132. The number of furan rings is 1. The highest BCUT2D eigenvalue weighted by molar-refractivity contribution is 8.26. The topological polar surface area (TPSA) is 62.6 Å². The smallest absolute Gasteiger partial charge is 0.285 e. The number of amides is 2. The average molecular weight is 489 g/mol. The number of hydrazine groups is 1. The number of rotatable bonds is 5. The van der Waals surface area contributed by atoms with Crippen LogP contribution < -0.4 is 5.43 Å². The zero-order chi connectivity index (χ0) is 22.0. The van der Waals surface area contributed by atoms with Gasteiger partial charge in [0.05, 0.1) is 21.4 Å². The number of thioether (sulfide) groups is 1. The van der Waals surface area contributed by atoms with Crippen LogP contribution in [0.1, 0.15) is 11.3 Å². The molecular weight excluding hydrogens is 475 g/mol. The standard InChI is InChI=1S/C22H14Cl2N2O3S2/c23-16-8-4-7-15(20(16)24)17-10-9-14(29-17)12-18-21(28)26(22(30)31-18)25-19(27)11-13-5-2-1-3-6-13/h1-10,12H,11H2,(H,25,27). The Morgan fingerprint density at radius 1 is 1.10 bits per heavy atom. The van der Waals surface area contributed by atoms with E-state index in [1.165, 1.54) is 0 Å². The van der Waals surface area contributed by atoms with Gasteiger partial charge in [0.1, 0.15) is 11.5 Å². The molecule has 0 spiro atoms. The lowest BCUT2D eigenvalue weighted by atomic mass is 10.1. The molecule has 2 aromatic carbocycles. The molecule has 5 nitrogen and oxygen atoms in total. The second-order valence-corrected chi connectivity index (χ2v) is 8.98. The molecular formula is C22H14Cl2N2O3S2. The van der Waals surface area contributed by atoms with E-state index in [2.05, 4.69) is 5.43 Å². The monoisotopic (exact) mass is 488 g/mol. The first kappa shape index (κ1) is 21.6. The maximum atomic E-state index is 12.7. The highest BCUT2D eigenvalue weighted by Crippen LogP contribution is 2.36. The average Bonchev–Trinajstić information content (AvgIpc) is 3.31. The molecule has 0 saturated carbocycles. The molecule has 0 atom stereocenters. The van der Waals surface area contributed by atoms with Gasteiger partial charge in [-0.15, -0.1) is 0 Å². The highest BCUT2D eigenvalue weighted by Gasteiger charge is 2.33. The Labute approximate surface area is 198 Å². The van der Waals surface area contributed by atoms with E-state index in [1.54, 1.807) is 36.4 Å². The predicted octanol–water partition coefficient (Wildman–Crippen LogP) is 5.73. The molecule has 1 N–H and O–H groups in total. The summed E-state index contributed by atoms with van der Waals surface area (Å²) in [6.07, 6.45) is 1.71. The van der Waals surface area contributed by atoms with Crippen LogP contribution in [0.25, 0.3) is 17.4 Å². The van der Waals surface area contributed by atoms with Crippen LogP contribution in [0, 0.1) is 0 Å². The first-order valence-corrected chi connectivity index (χ1v) is 11.1. The molecule has 0 unspecified atom stereocenters. The van der Waals surface area contributed by atoms with Crippen molar-refractivity contribution in [1.29, 1.82) is 0 Å². The van der Waals surface area contributed by atoms with E-state index in [9.17, 15) is 9.59 Å². The van der Waals surface area contributed by atoms with Gasteiger partial charge in [0, 0.05) is 11.6 Å². The van der Waals surface area contributed by atoms with Crippen LogP contribution >= 0.6 is 47.2 Å². The van der Waals surface area contributed by atoms with Crippen molar-refractivity contribution in [3.05, 3.63) is 86.9 Å². The third-order valence-electron chi connectivity index (χ3n) is 4.35. The number of nitrogens with one attached hydrogen (secondary N) is 1. The molecule has 0 radical (unpaired) electrons. The molecule has 1 aliphatic rings. The van der Waals surface area contributed by atoms with Gasteiger partial charge in [0.2, 0.25) is 5.91 Å². The van der Waals surface area contributed by atoms with Gasteiger partial charge in [-0.2, -0.15) is 5.01 Å². The fraction of sp³-hybridized carbons (Fsp3) is 0.0455. The molecule has 2 heterocycles. The molecule has 0 bridgehead atoms. The Morgan fingerprint density at radius 2 is 1.87 bits per heavy atom. The van der Waals surface area contributed by atoms with Gasteiger partial charge in [0.25, 0.3) is 5.91 Å². The van der Waals surface area contributed by atoms with Crippen molar-refractivity contribution >= 4 is 69.4 Å². The summed E-state index contributed by atoms with van der Waals surface area (Å²) >= 11 is 18.6. The van der Waals surface area contributed by atoms with Crippen molar-refractivity contribution < 1.29 is 14.0 Å². The number of carbonyl (C=O) groups is 2. The number of halogens is 2. The van der Waals surface area contributed by atoms with Gasteiger partial charge in [-0.1, -0.05) is 71.4 Å². The van der Waals surface area contributed by atoms with E-state index in [0.29, 0.717) is 32.0 Å². The van der Waals surface area contributed by atoms with Gasteiger partial charge >= 0.3 is 0 Å². The van der Waals surface area contributed by atoms with Crippen LogP contribution in [0.4, 0.5) is 0 Å². The molecule has 4 rings (SSSR count). The maximum Gasteiger partial charge on any atom is 0.285 e. The zero-order valence-electron chi connectivity index (χ0n) is 15.8. The summed E-state index contributed by atoms with van der Waals surface area (Å²) in [5.74, 6) is 0.210. The van der Waals surface area contributed by atoms with Crippen LogP contribution in [-0.4, -0.2) is 21.1 Å². The number of hydrogen-bond donors (Lipinski definition) is 1. The summed E-state index contributed by atoms with van der Waals surface area (Å²) in [5, 5.41) is 1.89. The number of carbonyl (C=O) groups excluding carboxylic acids is 2. The van der Waals surface area contributed by atoms with E-state index in [0.717, 1.165) is 22.3 Å². The lowest BCUT2D eigenvalue weighted by Gasteiger charge is -2.15. The molecule has 1 aromatic heterocycles. The highest BCUT2D eigenvalue weighted by atomic mass is 35.5. The van der Waals surface area contributed by atoms with E-state index < -0.39 is 5.91 Å².